The van der Waals surface area contributed by atoms with Crippen molar-refractivity contribution in [2.45, 2.75) is 239 Å². The monoisotopic (exact) mass is 792 g/mol. The van der Waals surface area contributed by atoms with E-state index in [1.807, 2.05) is 0 Å². The first-order chi connectivity index (χ1) is 27.0. The normalized spacial score (nSPS) is 12.9. The molecule has 0 rings (SSSR count). The maximum Gasteiger partial charge on any atom is 0.323 e. The first-order valence-electron chi connectivity index (χ1n) is 22.8. The summed E-state index contributed by atoms with van der Waals surface area (Å²) in [7, 11) is 0. The Morgan fingerprint density at radius 3 is 1.30 bits per heavy atom. The van der Waals surface area contributed by atoms with Crippen LogP contribution in [0.15, 0.2) is 24.3 Å². The molecule has 0 saturated heterocycles. The lowest BCUT2D eigenvalue weighted by Crippen LogP contribution is -2.39. The highest BCUT2D eigenvalue weighted by atomic mass is 16.6. The number of rotatable bonds is 38. The number of carbonyl (C=O) groups excluding carboxylic acids is 4. The molecule has 326 valence electrons. The zero-order valence-corrected chi connectivity index (χ0v) is 36.7. The molecule has 2 atom stereocenters. The fourth-order valence-electron chi connectivity index (χ4n) is 6.23. The number of esters is 4. The molecule has 0 aliphatic rings. The number of hydrogen-bond donors (Lipinski definition) is 1. The molecule has 9 nitrogen and oxygen atoms in total. The molecule has 0 fully saturated rings. The van der Waals surface area contributed by atoms with Gasteiger partial charge in [-0.1, -0.05) is 141 Å². The van der Waals surface area contributed by atoms with Crippen LogP contribution in [0.3, 0.4) is 0 Å². The van der Waals surface area contributed by atoms with Gasteiger partial charge >= 0.3 is 23.9 Å². The Bertz CT molecular complexity index is 1030. The van der Waals surface area contributed by atoms with E-state index in [-0.39, 0.29) is 38.4 Å². The fourth-order valence-corrected chi connectivity index (χ4v) is 6.23. The summed E-state index contributed by atoms with van der Waals surface area (Å²) in [4.78, 5) is 49.9. The molecular weight excluding hydrogens is 707 g/mol. The van der Waals surface area contributed by atoms with Gasteiger partial charge in [-0.05, 0) is 85.0 Å². The number of carbonyl (C=O) groups is 4. The standard InChI is InChI=1S/C47H85NO8/c1-6-8-10-12-14-16-18-20-22-24-26-28-30-32-34-36-43(49)53-39-41(40-54-46(52)42(48)38-45(51)56-47(3,4)5)55-44(50)37-35-33-31-29-27-25-23-21-19-17-15-13-11-9-7-2/h20-23,41-42H,6-19,24-40,48H2,1-5H3/b22-20-,23-21-. The van der Waals surface area contributed by atoms with Gasteiger partial charge in [-0.2, -0.15) is 0 Å². The van der Waals surface area contributed by atoms with Crippen molar-refractivity contribution in [3.05, 3.63) is 24.3 Å². The second kappa shape index (κ2) is 37.9. The molecule has 56 heavy (non-hydrogen) atoms. The first-order valence-corrected chi connectivity index (χ1v) is 22.8. The molecule has 0 bridgehead atoms. The first kappa shape index (κ1) is 53.3. The van der Waals surface area contributed by atoms with Gasteiger partial charge in [-0.3, -0.25) is 19.2 Å². The zero-order valence-electron chi connectivity index (χ0n) is 36.7. The highest BCUT2D eigenvalue weighted by Gasteiger charge is 2.26. The Balaban J connectivity index is 4.49. The number of hydrogen-bond acceptors (Lipinski definition) is 9. The van der Waals surface area contributed by atoms with Gasteiger partial charge in [0.2, 0.25) is 0 Å². The molecule has 0 aromatic heterocycles. The lowest BCUT2D eigenvalue weighted by Gasteiger charge is -2.21. The summed E-state index contributed by atoms with van der Waals surface area (Å²) in [5.74, 6) is -2.26. The Hall–Kier alpha value is -2.68. The van der Waals surface area contributed by atoms with Gasteiger partial charge < -0.3 is 24.7 Å². The van der Waals surface area contributed by atoms with Crippen LogP contribution in [0, 0.1) is 0 Å². The van der Waals surface area contributed by atoms with Crippen LogP contribution >= 0.6 is 0 Å². The smallest absolute Gasteiger partial charge is 0.323 e. The maximum atomic E-state index is 12.7. The topological polar surface area (TPSA) is 131 Å². The third kappa shape index (κ3) is 38.2. The van der Waals surface area contributed by atoms with Gasteiger partial charge in [-0.25, -0.2) is 0 Å². The molecule has 0 saturated carbocycles. The molecule has 0 amide bonds. The Morgan fingerprint density at radius 1 is 0.500 bits per heavy atom. The molecule has 2 unspecified atom stereocenters. The van der Waals surface area contributed by atoms with Crippen LogP contribution in [0.2, 0.25) is 0 Å². The second-order valence-corrected chi connectivity index (χ2v) is 16.5. The van der Waals surface area contributed by atoms with Crippen LogP contribution in [-0.2, 0) is 38.1 Å². The summed E-state index contributed by atoms with van der Waals surface area (Å²) in [5, 5.41) is 0. The molecular formula is C47H85NO8. The fraction of sp³-hybridized carbons (Fsp3) is 0.830. The molecule has 0 aliphatic carbocycles. The lowest BCUT2D eigenvalue weighted by atomic mass is 10.1. The Morgan fingerprint density at radius 2 is 0.875 bits per heavy atom. The van der Waals surface area contributed by atoms with Crippen molar-refractivity contribution in [3.63, 3.8) is 0 Å². The van der Waals surface area contributed by atoms with Crippen molar-refractivity contribution in [2.24, 2.45) is 5.73 Å². The molecule has 0 aromatic rings. The predicted octanol–water partition coefficient (Wildman–Crippen LogP) is 12.1. The number of nitrogens with two attached hydrogens (primary N) is 1. The summed E-state index contributed by atoms with van der Waals surface area (Å²) in [6.07, 6.45) is 38.8. The van der Waals surface area contributed by atoms with E-state index in [1.54, 1.807) is 20.8 Å². The average Bonchev–Trinajstić information content (AvgIpc) is 3.14. The van der Waals surface area contributed by atoms with E-state index in [4.69, 9.17) is 24.7 Å². The van der Waals surface area contributed by atoms with Gasteiger partial charge in [0.1, 0.15) is 24.9 Å². The van der Waals surface area contributed by atoms with Crippen LogP contribution in [-0.4, -0.2) is 54.8 Å². The minimum atomic E-state index is -1.24. The lowest BCUT2D eigenvalue weighted by molar-refractivity contribution is -0.168. The summed E-state index contributed by atoms with van der Waals surface area (Å²) in [5.41, 5.74) is 5.18. The summed E-state index contributed by atoms with van der Waals surface area (Å²) in [6, 6.07) is -1.24. The van der Waals surface area contributed by atoms with Gasteiger partial charge in [0, 0.05) is 12.8 Å². The van der Waals surface area contributed by atoms with Crippen molar-refractivity contribution in [2.75, 3.05) is 13.2 Å². The molecule has 0 aliphatic heterocycles. The number of unbranched alkanes of at least 4 members (excludes halogenated alkanes) is 22. The van der Waals surface area contributed by atoms with Crippen LogP contribution in [0.1, 0.15) is 221 Å². The predicted molar refractivity (Wildman–Crippen MR) is 229 cm³/mol. The third-order valence-corrected chi connectivity index (χ3v) is 9.53. The maximum absolute atomic E-state index is 12.7. The molecule has 0 radical (unpaired) electrons. The summed E-state index contributed by atoms with van der Waals surface area (Å²) >= 11 is 0. The van der Waals surface area contributed by atoms with Gasteiger partial charge in [0.25, 0.3) is 0 Å². The Labute approximate surface area is 343 Å². The molecule has 0 spiro atoms. The molecule has 2 N–H and O–H groups in total. The minimum absolute atomic E-state index is 0.226. The van der Waals surface area contributed by atoms with E-state index < -0.39 is 35.7 Å². The van der Waals surface area contributed by atoms with Gasteiger partial charge in [0.15, 0.2) is 6.10 Å². The van der Waals surface area contributed by atoms with E-state index in [2.05, 4.69) is 38.2 Å². The molecule has 0 aromatic carbocycles. The van der Waals surface area contributed by atoms with Crippen LogP contribution in [0.25, 0.3) is 0 Å². The van der Waals surface area contributed by atoms with Crippen molar-refractivity contribution in [1.82, 2.24) is 0 Å². The zero-order chi connectivity index (χ0) is 41.5. The van der Waals surface area contributed by atoms with Crippen LogP contribution < -0.4 is 5.73 Å². The van der Waals surface area contributed by atoms with E-state index in [0.717, 1.165) is 70.6 Å². The third-order valence-electron chi connectivity index (χ3n) is 9.53. The minimum Gasteiger partial charge on any atom is -0.462 e. The SMILES string of the molecule is CCCCCCCC/C=C\CCCCCCCC(=O)OCC(COC(=O)C(N)CC(=O)OC(C)(C)C)OC(=O)CCCCCCC/C=C\CCCCCCCC. The van der Waals surface area contributed by atoms with Gasteiger partial charge in [0.05, 0.1) is 6.42 Å². The number of allylic oxidation sites excluding steroid dienone is 4. The highest BCUT2D eigenvalue weighted by molar-refractivity contribution is 5.82. The van der Waals surface area contributed by atoms with E-state index in [1.165, 1.54) is 89.9 Å². The molecule has 9 heteroatoms. The largest absolute Gasteiger partial charge is 0.462 e. The van der Waals surface area contributed by atoms with E-state index in [9.17, 15) is 19.2 Å². The van der Waals surface area contributed by atoms with Crippen LogP contribution in [0.5, 0.6) is 0 Å². The van der Waals surface area contributed by atoms with Crippen molar-refractivity contribution < 1.29 is 38.1 Å². The summed E-state index contributed by atoms with van der Waals surface area (Å²) in [6.45, 7) is 9.11. The van der Waals surface area contributed by atoms with Gasteiger partial charge in [-0.15, -0.1) is 0 Å². The van der Waals surface area contributed by atoms with Crippen molar-refractivity contribution in [3.8, 4) is 0 Å². The van der Waals surface area contributed by atoms with E-state index in [0.29, 0.717) is 6.42 Å². The number of ether oxygens (including phenoxy) is 4. The quantitative estimate of drug-likeness (QED) is 0.0281. The highest BCUT2D eigenvalue weighted by Crippen LogP contribution is 2.14. The summed E-state index contributed by atoms with van der Waals surface area (Å²) < 4.78 is 21.6. The molecule has 0 heterocycles. The second-order valence-electron chi connectivity index (χ2n) is 16.5. The van der Waals surface area contributed by atoms with E-state index >= 15 is 0 Å². The Kier molecular flexibility index (Phi) is 36.1. The van der Waals surface area contributed by atoms with Crippen LogP contribution in [0.4, 0.5) is 0 Å². The average molecular weight is 792 g/mol. The van der Waals surface area contributed by atoms with Crippen molar-refractivity contribution in [1.29, 1.82) is 0 Å². The van der Waals surface area contributed by atoms with Crippen molar-refractivity contribution >= 4 is 23.9 Å².